The second-order valence-corrected chi connectivity index (χ2v) is 4.81. The van der Waals surface area contributed by atoms with E-state index < -0.39 is 0 Å². The van der Waals surface area contributed by atoms with E-state index in [0.717, 1.165) is 12.5 Å². The summed E-state index contributed by atoms with van der Waals surface area (Å²) >= 11 is 0. The molecule has 0 heterocycles. The van der Waals surface area contributed by atoms with Gasteiger partial charge in [0.05, 0.1) is 0 Å². The molecule has 0 saturated carbocycles. The van der Waals surface area contributed by atoms with Gasteiger partial charge in [-0.3, -0.25) is 0 Å². The Morgan fingerprint density at radius 1 is 1.14 bits per heavy atom. The molecule has 1 nitrogen and oxygen atoms in total. The van der Waals surface area contributed by atoms with E-state index >= 15 is 0 Å². The highest BCUT2D eigenvalue weighted by molar-refractivity contribution is 4.88. The molecule has 2 unspecified atom stereocenters. The lowest BCUT2D eigenvalue weighted by Gasteiger charge is -2.43. The predicted molar refractivity (Wildman–Crippen MR) is 65.7 cm³/mol. The van der Waals surface area contributed by atoms with Crippen molar-refractivity contribution >= 4 is 0 Å². The molecule has 0 fully saturated rings. The quantitative estimate of drug-likeness (QED) is 0.600. The molecule has 0 N–H and O–H groups in total. The summed E-state index contributed by atoms with van der Waals surface area (Å²) in [6, 6.07) is 0. The van der Waals surface area contributed by atoms with Crippen molar-refractivity contribution in [3.63, 3.8) is 0 Å². The second kappa shape index (κ2) is 6.44. The Balaban J connectivity index is 4.51. The van der Waals surface area contributed by atoms with Crippen molar-refractivity contribution in [2.45, 2.75) is 65.8 Å². The normalized spacial score (nSPS) is 18.2. The molecule has 14 heavy (non-hydrogen) atoms. The van der Waals surface area contributed by atoms with E-state index in [2.05, 4.69) is 46.6 Å². The summed E-state index contributed by atoms with van der Waals surface area (Å²) in [5.74, 6) is 0.803. The molecule has 1 heteroatoms. The first-order chi connectivity index (χ1) is 6.52. The average molecular weight is 199 g/mol. The van der Waals surface area contributed by atoms with Gasteiger partial charge >= 0.3 is 0 Å². The van der Waals surface area contributed by atoms with Gasteiger partial charge in [0, 0.05) is 5.54 Å². The topological polar surface area (TPSA) is 3.24 Å². The van der Waals surface area contributed by atoms with Crippen LogP contribution in [0.5, 0.6) is 0 Å². The SMILES string of the molecule is CCCC(C)C(C)(CCC)N(C)CC. The monoisotopic (exact) mass is 199 g/mol. The van der Waals surface area contributed by atoms with Crippen LogP contribution in [0.3, 0.4) is 0 Å². The number of hydrogen-bond donors (Lipinski definition) is 0. The Kier molecular flexibility index (Phi) is 6.43. The van der Waals surface area contributed by atoms with Gasteiger partial charge in [-0.15, -0.1) is 0 Å². The molecule has 2 atom stereocenters. The van der Waals surface area contributed by atoms with Crippen molar-refractivity contribution in [3.05, 3.63) is 0 Å². The van der Waals surface area contributed by atoms with Crippen molar-refractivity contribution in [3.8, 4) is 0 Å². The predicted octanol–water partition coefficient (Wildman–Crippen LogP) is 3.93. The third kappa shape index (κ3) is 3.27. The largest absolute Gasteiger partial charge is 0.301 e. The molecule has 0 spiro atoms. The number of hydrogen-bond acceptors (Lipinski definition) is 1. The van der Waals surface area contributed by atoms with Crippen molar-refractivity contribution in [1.82, 2.24) is 4.90 Å². The molecule has 0 aliphatic heterocycles. The Labute approximate surface area is 90.9 Å². The summed E-state index contributed by atoms with van der Waals surface area (Å²) in [6.07, 6.45) is 5.26. The van der Waals surface area contributed by atoms with E-state index in [1.54, 1.807) is 0 Å². The highest BCUT2D eigenvalue weighted by atomic mass is 15.2. The molecular formula is C13H29N. The minimum absolute atomic E-state index is 0.402. The van der Waals surface area contributed by atoms with Crippen LogP contribution in [0.1, 0.15) is 60.3 Å². The van der Waals surface area contributed by atoms with Crippen LogP contribution in [0.25, 0.3) is 0 Å². The van der Waals surface area contributed by atoms with Crippen molar-refractivity contribution in [2.24, 2.45) is 5.92 Å². The molecule has 0 bridgehead atoms. The van der Waals surface area contributed by atoms with Gasteiger partial charge in [-0.1, -0.05) is 40.5 Å². The lowest BCUT2D eigenvalue weighted by Crippen LogP contribution is -2.48. The summed E-state index contributed by atoms with van der Waals surface area (Å²) < 4.78 is 0. The van der Waals surface area contributed by atoms with E-state index in [-0.39, 0.29) is 0 Å². The molecule has 0 rings (SSSR count). The van der Waals surface area contributed by atoms with Gasteiger partial charge in [0.25, 0.3) is 0 Å². The van der Waals surface area contributed by atoms with Crippen LogP contribution >= 0.6 is 0 Å². The first kappa shape index (κ1) is 14.0. The van der Waals surface area contributed by atoms with Crippen LogP contribution in [-0.2, 0) is 0 Å². The van der Waals surface area contributed by atoms with Gasteiger partial charge in [0.1, 0.15) is 0 Å². The standard InChI is InChI=1S/C13H29N/c1-7-10-12(4)13(5,11-8-2)14(6)9-3/h12H,7-11H2,1-6H3. The highest BCUT2D eigenvalue weighted by Gasteiger charge is 2.32. The van der Waals surface area contributed by atoms with E-state index in [1.165, 1.54) is 25.7 Å². The summed E-state index contributed by atoms with van der Waals surface area (Å²) in [6.45, 7) is 12.8. The molecule has 0 radical (unpaired) electrons. The molecule has 0 aromatic heterocycles. The van der Waals surface area contributed by atoms with E-state index in [9.17, 15) is 0 Å². The maximum Gasteiger partial charge on any atom is 0.0203 e. The highest BCUT2D eigenvalue weighted by Crippen LogP contribution is 2.31. The average Bonchev–Trinajstić information content (AvgIpc) is 2.17. The Morgan fingerprint density at radius 2 is 1.71 bits per heavy atom. The second-order valence-electron chi connectivity index (χ2n) is 4.81. The molecule has 0 aliphatic rings. The lowest BCUT2D eigenvalue weighted by molar-refractivity contribution is 0.0692. The fraction of sp³-hybridized carbons (Fsp3) is 1.00. The summed E-state index contributed by atoms with van der Waals surface area (Å²) in [4.78, 5) is 2.52. The Bertz CT molecular complexity index is 144. The van der Waals surface area contributed by atoms with E-state index in [4.69, 9.17) is 0 Å². The van der Waals surface area contributed by atoms with Crippen LogP contribution < -0.4 is 0 Å². The van der Waals surface area contributed by atoms with Crippen LogP contribution in [0, 0.1) is 5.92 Å². The van der Waals surface area contributed by atoms with Gasteiger partial charge in [0.15, 0.2) is 0 Å². The van der Waals surface area contributed by atoms with Gasteiger partial charge in [-0.25, -0.2) is 0 Å². The zero-order valence-corrected chi connectivity index (χ0v) is 11.1. The first-order valence-corrected chi connectivity index (χ1v) is 6.24. The van der Waals surface area contributed by atoms with E-state index in [1.807, 2.05) is 0 Å². The molecular weight excluding hydrogens is 170 g/mol. The fourth-order valence-electron chi connectivity index (χ4n) is 2.42. The lowest BCUT2D eigenvalue weighted by atomic mass is 9.79. The fourth-order valence-corrected chi connectivity index (χ4v) is 2.42. The van der Waals surface area contributed by atoms with Gasteiger partial charge in [0.2, 0.25) is 0 Å². The molecule has 0 aromatic carbocycles. The number of rotatable bonds is 7. The Hall–Kier alpha value is -0.0400. The number of nitrogens with zero attached hydrogens (tertiary/aromatic N) is 1. The minimum Gasteiger partial charge on any atom is -0.301 e. The van der Waals surface area contributed by atoms with E-state index in [0.29, 0.717) is 5.54 Å². The van der Waals surface area contributed by atoms with Crippen LogP contribution in [0.15, 0.2) is 0 Å². The minimum atomic E-state index is 0.402. The van der Waals surface area contributed by atoms with Crippen molar-refractivity contribution in [2.75, 3.05) is 13.6 Å². The molecule has 0 aromatic rings. The van der Waals surface area contributed by atoms with Crippen LogP contribution in [0.2, 0.25) is 0 Å². The van der Waals surface area contributed by atoms with Crippen LogP contribution in [0.4, 0.5) is 0 Å². The maximum atomic E-state index is 2.52. The van der Waals surface area contributed by atoms with Gasteiger partial charge in [-0.05, 0) is 39.3 Å². The summed E-state index contributed by atoms with van der Waals surface area (Å²) in [5.41, 5.74) is 0.402. The van der Waals surface area contributed by atoms with Gasteiger partial charge in [-0.2, -0.15) is 0 Å². The molecule has 0 saturated heterocycles. The van der Waals surface area contributed by atoms with Crippen LogP contribution in [-0.4, -0.2) is 24.0 Å². The molecule has 86 valence electrons. The third-order valence-corrected chi connectivity index (χ3v) is 3.89. The zero-order valence-electron chi connectivity index (χ0n) is 11.1. The summed E-state index contributed by atoms with van der Waals surface area (Å²) in [5, 5.41) is 0. The van der Waals surface area contributed by atoms with Crippen molar-refractivity contribution < 1.29 is 0 Å². The van der Waals surface area contributed by atoms with Crippen molar-refractivity contribution in [1.29, 1.82) is 0 Å². The third-order valence-electron chi connectivity index (χ3n) is 3.89. The summed E-state index contributed by atoms with van der Waals surface area (Å²) in [7, 11) is 2.27. The van der Waals surface area contributed by atoms with Gasteiger partial charge < -0.3 is 4.90 Å². The first-order valence-electron chi connectivity index (χ1n) is 6.24. The Morgan fingerprint density at radius 3 is 2.07 bits per heavy atom. The maximum absolute atomic E-state index is 2.52. The zero-order chi connectivity index (χ0) is 11.2. The molecule has 0 amide bonds. The smallest absolute Gasteiger partial charge is 0.0203 e. The molecule has 0 aliphatic carbocycles.